The largest absolute Gasteiger partial charge is 0.469 e. The van der Waals surface area contributed by atoms with Gasteiger partial charge in [0.1, 0.15) is 0 Å². The van der Waals surface area contributed by atoms with Gasteiger partial charge in [0, 0.05) is 11.1 Å². The minimum Gasteiger partial charge on any atom is -0.469 e. The zero-order valence-corrected chi connectivity index (χ0v) is 9.44. The highest BCUT2D eigenvalue weighted by molar-refractivity contribution is 7.90. The minimum atomic E-state index is -3.24. The molecule has 0 aromatic carbocycles. The molecule has 0 fully saturated rings. The summed E-state index contributed by atoms with van der Waals surface area (Å²) in [6.07, 6.45) is 1.13. The molecule has 0 radical (unpaired) electrons. The molecular weight excluding hydrogens is 224 g/mol. The molecule has 0 amide bonds. The van der Waals surface area contributed by atoms with Crippen LogP contribution in [0.2, 0.25) is 0 Å². The molecule has 0 spiro atoms. The van der Waals surface area contributed by atoms with Crippen molar-refractivity contribution in [2.24, 2.45) is 0 Å². The third kappa shape index (κ3) is 2.55. The molecule has 14 heavy (non-hydrogen) atoms. The van der Waals surface area contributed by atoms with Crippen molar-refractivity contribution >= 4 is 27.1 Å². The summed E-state index contributed by atoms with van der Waals surface area (Å²) in [4.78, 5) is 11.7. The van der Waals surface area contributed by atoms with Crippen molar-refractivity contribution in [1.29, 1.82) is 0 Å². The first-order valence-corrected chi connectivity index (χ1v) is 6.55. The summed E-state index contributed by atoms with van der Waals surface area (Å²) in [5, 5.41) is 1.65. The number of thiophene rings is 1. The monoisotopic (exact) mass is 234 g/mol. The van der Waals surface area contributed by atoms with E-state index in [1.807, 2.05) is 0 Å². The lowest BCUT2D eigenvalue weighted by Crippen LogP contribution is -2.06. The Morgan fingerprint density at radius 3 is 2.71 bits per heavy atom. The van der Waals surface area contributed by atoms with Crippen molar-refractivity contribution in [3.63, 3.8) is 0 Å². The van der Waals surface area contributed by atoms with Crippen molar-refractivity contribution in [3.05, 3.63) is 16.3 Å². The number of esters is 1. The van der Waals surface area contributed by atoms with Crippen molar-refractivity contribution in [2.75, 3.05) is 13.4 Å². The number of rotatable bonds is 3. The van der Waals surface area contributed by atoms with Crippen molar-refractivity contribution in [1.82, 2.24) is 0 Å². The maximum atomic E-state index is 11.2. The van der Waals surface area contributed by atoms with Gasteiger partial charge in [-0.05, 0) is 11.4 Å². The Kier molecular flexibility index (Phi) is 3.28. The SMILES string of the molecule is COC(=O)Cc1sccc1S(C)(=O)=O. The van der Waals surface area contributed by atoms with Crippen LogP contribution in [0.15, 0.2) is 16.3 Å². The maximum absolute atomic E-state index is 11.2. The van der Waals surface area contributed by atoms with Gasteiger partial charge in [0.25, 0.3) is 0 Å². The standard InChI is InChI=1S/C8H10O4S2/c1-12-8(9)5-6-7(3-4-13-6)14(2,10)11/h3-4H,5H2,1-2H3. The number of sulfone groups is 1. The number of hydrogen-bond acceptors (Lipinski definition) is 5. The van der Waals surface area contributed by atoms with Crippen LogP contribution >= 0.6 is 11.3 Å². The molecule has 0 aliphatic heterocycles. The molecular formula is C8H10O4S2. The van der Waals surface area contributed by atoms with E-state index >= 15 is 0 Å². The predicted octanol–water partition coefficient (Wildman–Crippen LogP) is 0.867. The Bertz CT molecular complexity index is 430. The number of methoxy groups -OCH3 is 1. The molecule has 0 saturated carbocycles. The summed E-state index contributed by atoms with van der Waals surface area (Å²) in [6.45, 7) is 0. The van der Waals surface area contributed by atoms with Gasteiger partial charge in [-0.15, -0.1) is 11.3 Å². The zero-order chi connectivity index (χ0) is 10.8. The molecule has 0 aliphatic carbocycles. The van der Waals surface area contributed by atoms with E-state index in [0.29, 0.717) is 4.88 Å². The van der Waals surface area contributed by atoms with Gasteiger partial charge in [-0.2, -0.15) is 0 Å². The average Bonchev–Trinajstić information content (AvgIpc) is 2.51. The Hall–Kier alpha value is -0.880. The second kappa shape index (κ2) is 4.10. The van der Waals surface area contributed by atoms with E-state index in [0.717, 1.165) is 6.26 Å². The van der Waals surface area contributed by atoms with E-state index in [1.165, 1.54) is 24.5 Å². The van der Waals surface area contributed by atoms with E-state index in [4.69, 9.17) is 0 Å². The molecule has 0 bridgehead atoms. The van der Waals surface area contributed by atoms with Crippen LogP contribution in [0.3, 0.4) is 0 Å². The average molecular weight is 234 g/mol. The van der Waals surface area contributed by atoms with E-state index in [1.54, 1.807) is 5.38 Å². The Balaban J connectivity index is 3.00. The number of hydrogen-bond donors (Lipinski definition) is 0. The van der Waals surface area contributed by atoms with Gasteiger partial charge in [0.2, 0.25) is 0 Å². The molecule has 1 rings (SSSR count). The molecule has 0 unspecified atom stereocenters. The molecule has 0 N–H and O–H groups in total. The van der Waals surface area contributed by atoms with E-state index in [2.05, 4.69) is 4.74 Å². The maximum Gasteiger partial charge on any atom is 0.310 e. The summed E-state index contributed by atoms with van der Waals surface area (Å²) in [5.74, 6) is -0.433. The first-order valence-electron chi connectivity index (χ1n) is 3.78. The Labute approximate surface area is 86.4 Å². The van der Waals surface area contributed by atoms with E-state index in [-0.39, 0.29) is 11.3 Å². The van der Waals surface area contributed by atoms with Gasteiger partial charge in [-0.3, -0.25) is 4.79 Å². The predicted molar refractivity (Wildman–Crippen MR) is 53.1 cm³/mol. The highest BCUT2D eigenvalue weighted by Crippen LogP contribution is 2.22. The molecule has 6 heteroatoms. The van der Waals surface area contributed by atoms with Crippen molar-refractivity contribution < 1.29 is 17.9 Å². The van der Waals surface area contributed by atoms with Crippen LogP contribution in [0.5, 0.6) is 0 Å². The van der Waals surface area contributed by atoms with Crippen LogP contribution < -0.4 is 0 Å². The number of carbonyl (C=O) groups is 1. The second-order valence-electron chi connectivity index (χ2n) is 2.73. The zero-order valence-electron chi connectivity index (χ0n) is 7.81. The van der Waals surface area contributed by atoms with Crippen molar-refractivity contribution in [3.8, 4) is 0 Å². The molecule has 78 valence electrons. The van der Waals surface area contributed by atoms with Crippen LogP contribution in [0.25, 0.3) is 0 Å². The molecule has 1 aromatic rings. The van der Waals surface area contributed by atoms with Gasteiger partial charge in [0.15, 0.2) is 9.84 Å². The molecule has 1 aromatic heterocycles. The highest BCUT2D eigenvalue weighted by atomic mass is 32.2. The normalized spacial score (nSPS) is 11.3. The molecule has 0 aliphatic rings. The molecule has 0 saturated heterocycles. The van der Waals surface area contributed by atoms with Gasteiger partial charge < -0.3 is 4.74 Å². The summed E-state index contributed by atoms with van der Waals surface area (Å²) >= 11 is 1.24. The molecule has 4 nitrogen and oxygen atoms in total. The van der Waals surface area contributed by atoms with Crippen LogP contribution in [-0.4, -0.2) is 27.8 Å². The highest BCUT2D eigenvalue weighted by Gasteiger charge is 2.16. The first kappa shape index (κ1) is 11.2. The van der Waals surface area contributed by atoms with Crippen LogP contribution in [0, 0.1) is 0 Å². The first-order chi connectivity index (χ1) is 6.45. The summed E-state index contributed by atoms with van der Waals surface area (Å²) < 4.78 is 26.9. The lowest BCUT2D eigenvalue weighted by atomic mass is 10.3. The lowest BCUT2D eigenvalue weighted by Gasteiger charge is -1.99. The van der Waals surface area contributed by atoms with Gasteiger partial charge in [-0.1, -0.05) is 0 Å². The van der Waals surface area contributed by atoms with Crippen molar-refractivity contribution in [2.45, 2.75) is 11.3 Å². The third-order valence-corrected chi connectivity index (χ3v) is 3.87. The second-order valence-corrected chi connectivity index (χ2v) is 5.72. The fraction of sp³-hybridized carbons (Fsp3) is 0.375. The topological polar surface area (TPSA) is 60.4 Å². The third-order valence-electron chi connectivity index (χ3n) is 1.64. The quantitative estimate of drug-likeness (QED) is 0.728. The van der Waals surface area contributed by atoms with Crippen LogP contribution in [0.4, 0.5) is 0 Å². The summed E-state index contributed by atoms with van der Waals surface area (Å²) in [6, 6.07) is 1.50. The Morgan fingerprint density at radius 1 is 1.57 bits per heavy atom. The Morgan fingerprint density at radius 2 is 2.21 bits per heavy atom. The fourth-order valence-electron chi connectivity index (χ4n) is 0.991. The van der Waals surface area contributed by atoms with Crippen LogP contribution in [0.1, 0.15) is 4.88 Å². The van der Waals surface area contributed by atoms with E-state index < -0.39 is 15.8 Å². The van der Waals surface area contributed by atoms with Gasteiger partial charge >= 0.3 is 5.97 Å². The minimum absolute atomic E-state index is 0.0105. The molecule has 0 atom stereocenters. The smallest absolute Gasteiger partial charge is 0.310 e. The number of ether oxygens (including phenoxy) is 1. The summed E-state index contributed by atoms with van der Waals surface area (Å²) in [5.41, 5.74) is 0. The van der Waals surface area contributed by atoms with Gasteiger partial charge in [-0.25, -0.2) is 8.42 Å². The summed E-state index contributed by atoms with van der Waals surface area (Å²) in [7, 11) is -1.97. The molecule has 1 heterocycles. The van der Waals surface area contributed by atoms with E-state index in [9.17, 15) is 13.2 Å². The van der Waals surface area contributed by atoms with Crippen LogP contribution in [-0.2, 0) is 25.8 Å². The van der Waals surface area contributed by atoms with Gasteiger partial charge in [0.05, 0.1) is 18.4 Å². The fourth-order valence-corrected chi connectivity index (χ4v) is 3.23. The number of carbonyl (C=O) groups excluding carboxylic acids is 1. The lowest BCUT2D eigenvalue weighted by molar-refractivity contribution is -0.139.